The van der Waals surface area contributed by atoms with Crippen LogP contribution >= 0.6 is 0 Å². The van der Waals surface area contributed by atoms with E-state index < -0.39 is 0 Å². The van der Waals surface area contributed by atoms with Crippen LogP contribution in [-0.4, -0.2) is 18.0 Å². The normalized spacial score (nSPS) is 10.7. The van der Waals surface area contributed by atoms with E-state index in [-0.39, 0.29) is 0 Å². The lowest BCUT2D eigenvalue weighted by molar-refractivity contribution is 0.211. The SMILES string of the molecule is C=C(Oc1ccccc1)N(CCCc1ccccc1)CCC(c1ccccc1)c1ccccc1. The Balaban J connectivity index is 1.47. The molecular formula is C32H33NO. The predicted octanol–water partition coefficient (Wildman–Crippen LogP) is 7.69. The summed E-state index contributed by atoms with van der Waals surface area (Å²) in [5, 5.41) is 0. The standard InChI is InChI=1S/C32H33NO/c1-27(34-31-22-12-5-13-23-31)33(25-14-17-28-15-6-2-7-16-28)26-24-32(29-18-8-3-9-19-29)30-20-10-4-11-21-30/h2-13,15-16,18-23,32H,1,14,17,24-26H2. The lowest BCUT2D eigenvalue weighted by Gasteiger charge is -2.29. The van der Waals surface area contributed by atoms with Gasteiger partial charge in [0.2, 0.25) is 0 Å². The molecule has 0 bridgehead atoms. The Morgan fingerprint density at radius 2 is 1.15 bits per heavy atom. The van der Waals surface area contributed by atoms with Crippen LogP contribution in [0.15, 0.2) is 134 Å². The van der Waals surface area contributed by atoms with Crippen LogP contribution in [0.5, 0.6) is 5.75 Å². The summed E-state index contributed by atoms with van der Waals surface area (Å²) >= 11 is 0. The van der Waals surface area contributed by atoms with Crippen molar-refractivity contribution in [3.05, 3.63) is 150 Å². The molecule has 0 unspecified atom stereocenters. The van der Waals surface area contributed by atoms with Gasteiger partial charge in [-0.3, -0.25) is 0 Å². The first-order valence-corrected chi connectivity index (χ1v) is 12.1. The molecular weight excluding hydrogens is 414 g/mol. The molecule has 0 saturated heterocycles. The molecule has 34 heavy (non-hydrogen) atoms. The quantitative estimate of drug-likeness (QED) is 0.206. The molecule has 0 saturated carbocycles. The Morgan fingerprint density at radius 3 is 1.71 bits per heavy atom. The summed E-state index contributed by atoms with van der Waals surface area (Å²) in [6.07, 6.45) is 3.07. The number of para-hydroxylation sites is 1. The second-order valence-corrected chi connectivity index (χ2v) is 8.55. The van der Waals surface area contributed by atoms with Gasteiger partial charge in [-0.25, -0.2) is 0 Å². The molecule has 2 heteroatoms. The first kappa shape index (κ1) is 23.4. The van der Waals surface area contributed by atoms with Crippen molar-refractivity contribution in [2.75, 3.05) is 13.1 Å². The van der Waals surface area contributed by atoms with Crippen LogP contribution in [0.25, 0.3) is 0 Å². The van der Waals surface area contributed by atoms with E-state index >= 15 is 0 Å². The average molecular weight is 448 g/mol. The summed E-state index contributed by atoms with van der Waals surface area (Å²) in [7, 11) is 0. The van der Waals surface area contributed by atoms with Crippen molar-refractivity contribution in [2.24, 2.45) is 0 Å². The largest absolute Gasteiger partial charge is 0.442 e. The fourth-order valence-corrected chi connectivity index (χ4v) is 4.35. The maximum Gasteiger partial charge on any atom is 0.188 e. The zero-order chi connectivity index (χ0) is 23.4. The first-order chi connectivity index (χ1) is 16.8. The van der Waals surface area contributed by atoms with Gasteiger partial charge in [-0.05, 0) is 54.7 Å². The maximum absolute atomic E-state index is 6.15. The Labute approximate surface area is 204 Å². The van der Waals surface area contributed by atoms with Gasteiger partial charge in [-0.1, -0.05) is 109 Å². The molecule has 0 amide bonds. The third-order valence-electron chi connectivity index (χ3n) is 6.16. The number of rotatable bonds is 12. The predicted molar refractivity (Wildman–Crippen MR) is 142 cm³/mol. The molecule has 0 N–H and O–H groups in total. The Bertz CT molecular complexity index is 1070. The van der Waals surface area contributed by atoms with Crippen LogP contribution < -0.4 is 4.74 Å². The lowest BCUT2D eigenvalue weighted by atomic mass is 9.88. The molecule has 4 aromatic carbocycles. The minimum absolute atomic E-state index is 0.323. The van der Waals surface area contributed by atoms with E-state index in [2.05, 4.69) is 102 Å². The molecule has 0 radical (unpaired) electrons. The third kappa shape index (κ3) is 6.86. The molecule has 0 aliphatic carbocycles. The Morgan fingerprint density at radius 1 is 0.647 bits per heavy atom. The number of aryl methyl sites for hydroxylation is 1. The van der Waals surface area contributed by atoms with Gasteiger partial charge in [0.25, 0.3) is 0 Å². The molecule has 172 valence electrons. The van der Waals surface area contributed by atoms with Crippen LogP contribution in [0.4, 0.5) is 0 Å². The molecule has 0 atom stereocenters. The van der Waals surface area contributed by atoms with Gasteiger partial charge < -0.3 is 9.64 Å². The van der Waals surface area contributed by atoms with E-state index in [1.54, 1.807) is 0 Å². The van der Waals surface area contributed by atoms with E-state index in [0.717, 1.165) is 38.1 Å². The van der Waals surface area contributed by atoms with E-state index in [1.165, 1.54) is 16.7 Å². The van der Waals surface area contributed by atoms with Gasteiger partial charge in [-0.15, -0.1) is 0 Å². The molecule has 0 spiro atoms. The Hall–Kier alpha value is -3.78. The number of benzene rings is 4. The number of hydrogen-bond donors (Lipinski definition) is 0. The van der Waals surface area contributed by atoms with Gasteiger partial charge in [0.15, 0.2) is 5.88 Å². The van der Waals surface area contributed by atoms with E-state index in [1.807, 2.05) is 30.3 Å². The number of ether oxygens (including phenoxy) is 1. The minimum atomic E-state index is 0.323. The summed E-state index contributed by atoms with van der Waals surface area (Å²) in [5.41, 5.74) is 4.04. The van der Waals surface area contributed by atoms with Crippen molar-refractivity contribution in [1.82, 2.24) is 4.90 Å². The summed E-state index contributed by atoms with van der Waals surface area (Å²) in [4.78, 5) is 2.30. The zero-order valence-corrected chi connectivity index (χ0v) is 19.7. The average Bonchev–Trinajstić information content (AvgIpc) is 2.90. The van der Waals surface area contributed by atoms with Crippen LogP contribution in [0.2, 0.25) is 0 Å². The first-order valence-electron chi connectivity index (χ1n) is 12.1. The van der Waals surface area contributed by atoms with Crippen molar-refractivity contribution in [3.63, 3.8) is 0 Å². The van der Waals surface area contributed by atoms with Gasteiger partial charge in [0.1, 0.15) is 5.75 Å². The van der Waals surface area contributed by atoms with Crippen LogP contribution in [0, 0.1) is 0 Å². The van der Waals surface area contributed by atoms with Crippen molar-refractivity contribution >= 4 is 0 Å². The molecule has 2 nitrogen and oxygen atoms in total. The van der Waals surface area contributed by atoms with Crippen molar-refractivity contribution in [3.8, 4) is 5.75 Å². The molecule has 0 aliphatic heterocycles. The summed E-state index contributed by atoms with van der Waals surface area (Å²) in [5.74, 6) is 1.85. The number of nitrogens with zero attached hydrogens (tertiary/aromatic N) is 1. The van der Waals surface area contributed by atoms with Gasteiger partial charge in [0, 0.05) is 19.0 Å². The van der Waals surface area contributed by atoms with Crippen LogP contribution in [-0.2, 0) is 6.42 Å². The van der Waals surface area contributed by atoms with E-state index in [9.17, 15) is 0 Å². The molecule has 4 rings (SSSR count). The van der Waals surface area contributed by atoms with Crippen LogP contribution in [0.3, 0.4) is 0 Å². The number of hydrogen-bond acceptors (Lipinski definition) is 2. The second-order valence-electron chi connectivity index (χ2n) is 8.55. The molecule has 0 aromatic heterocycles. The highest BCUT2D eigenvalue weighted by molar-refractivity contribution is 5.32. The Kier molecular flexibility index (Phi) is 8.57. The smallest absolute Gasteiger partial charge is 0.188 e. The van der Waals surface area contributed by atoms with Gasteiger partial charge >= 0.3 is 0 Å². The molecule has 0 aliphatic rings. The van der Waals surface area contributed by atoms with Crippen molar-refractivity contribution in [1.29, 1.82) is 0 Å². The summed E-state index contributed by atoms with van der Waals surface area (Å²) in [6.45, 7) is 6.07. The van der Waals surface area contributed by atoms with E-state index in [0.29, 0.717) is 11.8 Å². The van der Waals surface area contributed by atoms with Gasteiger partial charge in [-0.2, -0.15) is 0 Å². The monoisotopic (exact) mass is 447 g/mol. The summed E-state index contributed by atoms with van der Waals surface area (Å²) < 4.78 is 6.15. The van der Waals surface area contributed by atoms with E-state index in [4.69, 9.17) is 4.74 Å². The molecule has 0 fully saturated rings. The third-order valence-corrected chi connectivity index (χ3v) is 6.16. The van der Waals surface area contributed by atoms with Gasteiger partial charge in [0.05, 0.1) is 0 Å². The zero-order valence-electron chi connectivity index (χ0n) is 19.7. The van der Waals surface area contributed by atoms with Crippen molar-refractivity contribution in [2.45, 2.75) is 25.2 Å². The second kappa shape index (κ2) is 12.5. The van der Waals surface area contributed by atoms with Crippen LogP contribution in [0.1, 0.15) is 35.4 Å². The highest BCUT2D eigenvalue weighted by Gasteiger charge is 2.17. The maximum atomic E-state index is 6.15. The minimum Gasteiger partial charge on any atom is -0.442 e. The van der Waals surface area contributed by atoms with Crippen molar-refractivity contribution < 1.29 is 4.74 Å². The lowest BCUT2D eigenvalue weighted by Crippen LogP contribution is -2.29. The molecule has 4 aromatic rings. The fourth-order valence-electron chi connectivity index (χ4n) is 4.35. The highest BCUT2D eigenvalue weighted by Crippen LogP contribution is 2.29. The fraction of sp³-hybridized carbons (Fsp3) is 0.188. The topological polar surface area (TPSA) is 12.5 Å². The molecule has 0 heterocycles. The summed E-state index contributed by atoms with van der Waals surface area (Å²) in [6, 6.07) is 42.2. The highest BCUT2D eigenvalue weighted by atomic mass is 16.5.